The highest BCUT2D eigenvalue weighted by molar-refractivity contribution is 6.36. The number of unbranched alkanes of at least 4 members (excludes halogenated alkanes) is 2. The van der Waals surface area contributed by atoms with Crippen molar-refractivity contribution in [2.24, 2.45) is 46.8 Å². The molecule has 16 N–H and O–H groups in total. The number of ketones is 3. The number of alkyl carbamates (subject to hydrolysis) is 2. The monoisotopic (exact) mass is 1820 g/mol. The molecule has 0 unspecified atom stereocenters. The minimum absolute atomic E-state index is 0.00815. The van der Waals surface area contributed by atoms with E-state index in [9.17, 15) is 85.4 Å². The summed E-state index contributed by atoms with van der Waals surface area (Å²) in [5.41, 5.74) is 19.6. The van der Waals surface area contributed by atoms with Crippen LogP contribution in [0.2, 0.25) is 0 Å². The first kappa shape index (κ1) is 109. The number of Topliss-reactive ketones (excluding diaryl/α,β-unsaturated/α-hetero) is 3. The number of rotatable bonds is 43. The molecule has 10 amide bonds. The van der Waals surface area contributed by atoms with Crippen LogP contribution >= 0.6 is 0 Å². The van der Waals surface area contributed by atoms with E-state index >= 15 is 0 Å². The summed E-state index contributed by atoms with van der Waals surface area (Å²) in [4.78, 5) is 194. The van der Waals surface area contributed by atoms with E-state index in [0.717, 1.165) is 60.8 Å². The van der Waals surface area contributed by atoms with Crippen molar-refractivity contribution >= 4 is 88.7 Å². The van der Waals surface area contributed by atoms with Gasteiger partial charge in [0.05, 0.1) is 18.1 Å². The number of amides is 10. The number of benzene rings is 4. The van der Waals surface area contributed by atoms with Crippen LogP contribution in [0, 0.1) is 29.6 Å². The third kappa shape index (κ3) is 44.4. The van der Waals surface area contributed by atoms with E-state index in [2.05, 4.69) is 42.5 Å². The molecular weight excluding hydrogens is 1680 g/mol. The van der Waals surface area contributed by atoms with Gasteiger partial charge in [0.1, 0.15) is 29.3 Å². The SMILES string of the molecule is CC(C)C[C@@H](CC(=O)[C@@H](Cc1ccccc1)NC(=O)[C@@H](Cc1ccccc1)NC(=O)OC(C)(C)C)C(=O)N[C@H](CCCCNC(=O)OC(C)(C)C)C(=O)O.CC(C)C[C@@H](CC(=O)[C@@H](Cc1ccccc1)NC(=O)[C@H](N)Cc1ccccc1)C(=O)N[C@H](CCCCN)C(=O)NC1CCN(C(=O)C(=O)CC2CC2)CC1.NC1CCN(C(=O)C(=O)NC2CC2)CC1.O=C(O)C(F)(F)F. The van der Waals surface area contributed by atoms with E-state index in [1.165, 1.54) is 0 Å². The standard InChI is InChI=1S/C42H60N6O6.C41H60N4O9.C10H17N3O2.C2HF3O2/c1-28(2)23-32(27-37(49)36(25-30-13-7-4-8-14-30)47-40(52)34(44)24-29-11-5-3-6-12-29)39(51)46-35(15-9-10-20-43)41(53)45-33-18-21-48(22-19-33)42(54)38(50)26-31-16-17-31;1-27(2)23-30(35(47)43-31(37(49)50)21-15-16-22-42-38(51)53-40(3,4)5)26-34(46)32(24-28-17-11-9-12-18-28)44-36(48)33(25-29-19-13-10-14-20-29)45-39(52)54-41(6,7)8;11-7-3-5-13(6-4-7)10(15)9(14)12-8-1-2-8;3-2(4,5)1(6)7/h3-8,11-14,28,31-36H,9-10,15-27,43-44H2,1-2H3,(H,45,53)(H,46,51)(H,47,52);9-14,17-20,27,30-33H,15-16,21-26H2,1-8H3,(H,42,51)(H,43,47)(H,44,48)(H,45,52)(H,49,50);7-8H,1-6,11H2,(H,12,14);(H,6,7)/t32-,34+,35+,36+;30-,31+,32+,33+;;/m00../s1. The minimum atomic E-state index is -5.08. The van der Waals surface area contributed by atoms with E-state index in [-0.39, 0.29) is 92.5 Å². The summed E-state index contributed by atoms with van der Waals surface area (Å²) in [7, 11) is 0. The van der Waals surface area contributed by atoms with Crippen LogP contribution in [0.1, 0.15) is 213 Å². The van der Waals surface area contributed by atoms with Gasteiger partial charge in [-0.15, -0.1) is 0 Å². The number of carbonyl (C=O) groups is 15. The summed E-state index contributed by atoms with van der Waals surface area (Å²) >= 11 is 0. The molecule has 0 aromatic heterocycles. The Kier molecular flexibility index (Phi) is 46.3. The molecule has 0 spiro atoms. The number of hydrogen-bond donors (Lipinski definition) is 13. The lowest BCUT2D eigenvalue weighted by atomic mass is 9.88. The number of hydrogen-bond acceptors (Lipinski definition) is 20. The van der Waals surface area contributed by atoms with Crippen LogP contribution in [0.5, 0.6) is 0 Å². The molecule has 0 radical (unpaired) electrons. The van der Waals surface area contributed by atoms with Crippen LogP contribution in [-0.4, -0.2) is 220 Å². The zero-order chi connectivity index (χ0) is 96.4. The van der Waals surface area contributed by atoms with Crippen molar-refractivity contribution in [3.8, 4) is 0 Å². The fraction of sp³-hybridized carbons (Fsp3) is 0.589. The van der Waals surface area contributed by atoms with E-state index < -0.39 is 137 Å². The molecule has 4 aliphatic rings. The Bertz CT molecular complexity index is 4290. The van der Waals surface area contributed by atoms with Crippen molar-refractivity contribution in [3.05, 3.63) is 144 Å². The zero-order valence-corrected chi connectivity index (χ0v) is 76.7. The number of halogens is 3. The van der Waals surface area contributed by atoms with Gasteiger partial charge in [-0.25, -0.2) is 19.2 Å². The van der Waals surface area contributed by atoms with Gasteiger partial charge in [-0.2, -0.15) is 13.2 Å². The average molecular weight is 1820 g/mol. The molecule has 32 nitrogen and oxygen atoms in total. The molecule has 718 valence electrons. The van der Waals surface area contributed by atoms with Gasteiger partial charge in [0.2, 0.25) is 35.3 Å². The molecule has 4 aromatic carbocycles. The van der Waals surface area contributed by atoms with Crippen LogP contribution in [0.3, 0.4) is 0 Å². The summed E-state index contributed by atoms with van der Waals surface area (Å²) in [5.74, 6) is -9.85. The van der Waals surface area contributed by atoms with Gasteiger partial charge in [0, 0.05) is 88.4 Å². The van der Waals surface area contributed by atoms with Gasteiger partial charge in [0.25, 0.3) is 5.91 Å². The highest BCUT2D eigenvalue weighted by atomic mass is 19.4. The lowest BCUT2D eigenvalue weighted by Crippen LogP contribution is -2.54. The first-order chi connectivity index (χ1) is 61.3. The topological polar surface area (TPSA) is 496 Å². The first-order valence-electron chi connectivity index (χ1n) is 45.1. The fourth-order valence-corrected chi connectivity index (χ4v) is 14.4. The quantitative estimate of drug-likeness (QED) is 0.0146. The maximum Gasteiger partial charge on any atom is 0.490 e. The maximum absolute atomic E-state index is 14.1. The summed E-state index contributed by atoms with van der Waals surface area (Å²) in [6.45, 7) is 20.8. The van der Waals surface area contributed by atoms with Crippen LogP contribution in [0.4, 0.5) is 22.8 Å². The van der Waals surface area contributed by atoms with Crippen LogP contribution < -0.4 is 59.7 Å². The van der Waals surface area contributed by atoms with E-state index in [1.807, 2.05) is 149 Å². The van der Waals surface area contributed by atoms with Gasteiger partial charge in [-0.1, -0.05) is 149 Å². The summed E-state index contributed by atoms with van der Waals surface area (Å²) in [5, 5.41) is 39.4. The maximum atomic E-state index is 14.1. The van der Waals surface area contributed by atoms with Gasteiger partial charge in [0.15, 0.2) is 11.6 Å². The van der Waals surface area contributed by atoms with Crippen molar-refractivity contribution in [1.82, 2.24) is 52.3 Å². The van der Waals surface area contributed by atoms with Gasteiger partial charge in [-0.3, -0.25) is 52.7 Å². The number of nitrogens with two attached hydrogens (primary N) is 3. The normalized spacial score (nSPS) is 16.0. The number of likely N-dealkylation sites (tertiary alicyclic amines) is 2. The number of carboxylic acids is 2. The lowest BCUT2D eigenvalue weighted by Gasteiger charge is -2.33. The zero-order valence-electron chi connectivity index (χ0n) is 76.7. The largest absolute Gasteiger partial charge is 0.490 e. The van der Waals surface area contributed by atoms with E-state index in [4.69, 9.17) is 36.6 Å². The Morgan fingerprint density at radius 1 is 0.454 bits per heavy atom. The molecule has 4 fully saturated rings. The number of piperidine rings is 2. The number of carbonyl (C=O) groups excluding carboxylic acids is 13. The number of nitrogens with zero attached hydrogens (tertiary/aromatic N) is 2. The predicted octanol–water partition coefficient (Wildman–Crippen LogP) is 8.58. The Hall–Kier alpha value is -11.2. The summed E-state index contributed by atoms with van der Waals surface area (Å²) < 4.78 is 42.4. The summed E-state index contributed by atoms with van der Waals surface area (Å²) in [6, 6.07) is 31.3. The summed E-state index contributed by atoms with van der Waals surface area (Å²) in [6.07, 6.45) is 4.24. The molecule has 8 atom stereocenters. The Labute approximate surface area is 760 Å². The number of nitrogens with one attached hydrogen (secondary N) is 8. The van der Waals surface area contributed by atoms with Crippen molar-refractivity contribution < 1.29 is 105 Å². The molecular formula is C95H138F3N13O19. The third-order valence-electron chi connectivity index (χ3n) is 21.5. The number of carboxylic acid groups (broad SMARTS) is 2. The molecule has 0 bridgehead atoms. The minimum Gasteiger partial charge on any atom is -0.480 e. The molecule has 2 heterocycles. The van der Waals surface area contributed by atoms with Crippen LogP contribution in [0.15, 0.2) is 121 Å². The Morgan fingerprint density at radius 3 is 1.27 bits per heavy atom. The molecule has 2 aliphatic heterocycles. The highest BCUT2D eigenvalue weighted by Crippen LogP contribution is 2.33. The van der Waals surface area contributed by atoms with Gasteiger partial charge < -0.3 is 89.2 Å². The molecule has 4 aromatic rings. The number of alkyl halides is 3. The Balaban J connectivity index is 0.000000371. The van der Waals surface area contributed by atoms with E-state index in [0.29, 0.717) is 109 Å². The molecule has 8 rings (SSSR count). The van der Waals surface area contributed by atoms with Crippen molar-refractivity contribution in [1.29, 1.82) is 0 Å². The molecule has 2 saturated heterocycles. The van der Waals surface area contributed by atoms with Gasteiger partial charge in [-0.05, 0) is 210 Å². The molecule has 2 aliphatic carbocycles. The second-order valence-corrected chi connectivity index (χ2v) is 36.7. The lowest BCUT2D eigenvalue weighted by molar-refractivity contribution is -0.192. The van der Waals surface area contributed by atoms with Gasteiger partial charge >= 0.3 is 42.1 Å². The molecule has 35 heteroatoms. The first-order valence-corrected chi connectivity index (χ1v) is 45.1. The highest BCUT2D eigenvalue weighted by Gasteiger charge is 2.40. The van der Waals surface area contributed by atoms with Crippen LogP contribution in [0.25, 0.3) is 0 Å². The number of ether oxygens (including phenoxy) is 2. The predicted molar refractivity (Wildman–Crippen MR) is 482 cm³/mol. The molecule has 2 saturated carbocycles. The second kappa shape index (κ2) is 55.1. The Morgan fingerprint density at radius 2 is 0.846 bits per heavy atom. The smallest absolute Gasteiger partial charge is 0.480 e. The fourth-order valence-electron chi connectivity index (χ4n) is 14.4. The number of aliphatic carboxylic acids is 2. The average Bonchev–Trinajstić information content (AvgIpc) is 1.23. The second-order valence-electron chi connectivity index (χ2n) is 36.7. The van der Waals surface area contributed by atoms with Crippen molar-refractivity contribution in [3.63, 3.8) is 0 Å². The van der Waals surface area contributed by atoms with Crippen molar-refractivity contribution in [2.45, 2.75) is 289 Å². The third-order valence-corrected chi connectivity index (χ3v) is 21.5. The van der Waals surface area contributed by atoms with Crippen LogP contribution in [-0.2, 0) is 97.5 Å². The molecule has 130 heavy (non-hydrogen) atoms. The van der Waals surface area contributed by atoms with E-state index in [1.54, 1.807) is 51.3 Å². The van der Waals surface area contributed by atoms with Crippen molar-refractivity contribution in [2.75, 3.05) is 39.3 Å².